The second-order valence-electron chi connectivity index (χ2n) is 24.8. The summed E-state index contributed by atoms with van der Waals surface area (Å²) < 4.78 is 4.87. The summed E-state index contributed by atoms with van der Waals surface area (Å²) in [6, 6.07) is 39.5. The van der Waals surface area contributed by atoms with Gasteiger partial charge in [-0.2, -0.15) is 0 Å². The van der Waals surface area contributed by atoms with E-state index in [4.69, 9.17) is 0 Å². The maximum atomic E-state index is 2.64. The van der Waals surface area contributed by atoms with Crippen LogP contribution >= 0.6 is 0 Å². The summed E-state index contributed by atoms with van der Waals surface area (Å²) in [5.74, 6) is 5.21. The third kappa shape index (κ3) is 34.2. The molecule has 3 saturated heterocycles. The topological polar surface area (TPSA) is 22.8 Å². The zero-order chi connectivity index (χ0) is 73.5. The second kappa shape index (κ2) is 65.3. The monoisotopic (exact) mass is 1310 g/mol. The minimum atomic E-state index is 0. The molecule has 0 N–H and O–H groups in total. The van der Waals surface area contributed by atoms with Gasteiger partial charge in [0.25, 0.3) is 0 Å². The van der Waals surface area contributed by atoms with Crippen molar-refractivity contribution in [1.82, 2.24) is 28.7 Å². The summed E-state index contributed by atoms with van der Waals surface area (Å²) in [6.07, 6.45) is 7.65. The molecule has 0 bridgehead atoms. The van der Waals surface area contributed by atoms with Gasteiger partial charge in [-0.1, -0.05) is 334 Å². The van der Waals surface area contributed by atoms with Gasteiger partial charge in [-0.3, -0.25) is 14.7 Å². The second-order valence-corrected chi connectivity index (χ2v) is 24.8. The number of piperidine rings is 1. The first-order chi connectivity index (χ1) is 44.6. The van der Waals surface area contributed by atoms with Crippen LogP contribution in [0.3, 0.4) is 0 Å². The Morgan fingerprint density at radius 1 is 0.287 bits per heavy atom. The molecule has 0 radical (unpaired) electrons. The van der Waals surface area contributed by atoms with Gasteiger partial charge in [0.2, 0.25) is 0 Å². The molecule has 3 aliphatic rings. The SMILES string of the molecule is C.CC.CC.CC.CC.CC.CCC.CCC.CCC.CCC.CCC.CCN(CC)CC.CCN1[C@H](C)[C@H](C)C[C@H](C)[C@@H]1C.CCN1[C@H](C)[C@H](C)[C@H](C)[C@@H]1C.CCN1[C@H](C)[C@H](C)[C@H](C)[C@@H]1C.c1ccc2c(c1)c1ccccc1n2Cn1c2ccccc2c2ccccc21. The van der Waals surface area contributed by atoms with Crippen molar-refractivity contribution in [2.75, 3.05) is 39.3 Å². The Morgan fingerprint density at radius 3 is 0.606 bits per heavy atom. The van der Waals surface area contributed by atoms with Crippen LogP contribution in [0, 0.1) is 35.5 Å². The Balaban J connectivity index is -0.000000195. The minimum Gasteiger partial charge on any atom is -0.322 e. The smallest absolute Gasteiger partial charge is 0.100 e. The fraction of sp³-hybridized carbons (Fsp3) is 0.727. The van der Waals surface area contributed by atoms with E-state index >= 15 is 0 Å². The third-order valence-electron chi connectivity index (χ3n) is 18.3. The Bertz CT molecular complexity index is 2190. The van der Waals surface area contributed by atoms with Crippen LogP contribution in [0.5, 0.6) is 0 Å². The number of nitrogens with zero attached hydrogens (tertiary/aromatic N) is 6. The molecule has 9 rings (SSSR count). The summed E-state index contributed by atoms with van der Waals surface area (Å²) in [6.45, 7) is 91.0. The Labute approximate surface area is 593 Å². The zero-order valence-electron chi connectivity index (χ0n) is 70.0. The highest BCUT2D eigenvalue weighted by Crippen LogP contribution is 2.36. The summed E-state index contributed by atoms with van der Waals surface area (Å²) in [7, 11) is 0. The van der Waals surface area contributed by atoms with Crippen molar-refractivity contribution < 1.29 is 0 Å². The lowest BCUT2D eigenvalue weighted by Crippen LogP contribution is -2.51. The molecule has 0 spiro atoms. The summed E-state index contributed by atoms with van der Waals surface area (Å²) in [5, 5.41) is 5.26. The lowest BCUT2D eigenvalue weighted by atomic mass is 9.81. The molecule has 5 heterocycles. The van der Waals surface area contributed by atoms with E-state index in [1.807, 2.05) is 69.2 Å². The predicted molar refractivity (Wildman–Crippen MR) is 445 cm³/mol. The number of fused-ring (bicyclic) bond motifs is 6. The van der Waals surface area contributed by atoms with Crippen molar-refractivity contribution in [1.29, 1.82) is 0 Å². The van der Waals surface area contributed by atoms with Gasteiger partial charge in [-0.25, -0.2) is 0 Å². The van der Waals surface area contributed by atoms with Crippen molar-refractivity contribution in [3.63, 3.8) is 0 Å². The van der Waals surface area contributed by atoms with Gasteiger partial charge in [0.15, 0.2) is 0 Å². The van der Waals surface area contributed by atoms with Crippen molar-refractivity contribution in [3.8, 4) is 0 Å². The fourth-order valence-corrected chi connectivity index (χ4v) is 12.6. The van der Waals surface area contributed by atoms with Crippen LogP contribution in [0.25, 0.3) is 43.6 Å². The highest BCUT2D eigenvalue weighted by Gasteiger charge is 2.39. The van der Waals surface area contributed by atoms with Crippen LogP contribution in [0.1, 0.15) is 309 Å². The van der Waals surface area contributed by atoms with E-state index in [1.54, 1.807) is 0 Å². The van der Waals surface area contributed by atoms with Gasteiger partial charge < -0.3 is 14.0 Å². The molecular formula is C88H172N6. The van der Waals surface area contributed by atoms with Gasteiger partial charge in [0, 0.05) is 57.8 Å². The van der Waals surface area contributed by atoms with Gasteiger partial charge in [0.1, 0.15) is 6.67 Å². The molecule has 3 fully saturated rings. The Morgan fingerprint density at radius 2 is 0.457 bits per heavy atom. The van der Waals surface area contributed by atoms with Crippen LogP contribution in [0.2, 0.25) is 0 Å². The van der Waals surface area contributed by atoms with Crippen LogP contribution in [-0.2, 0) is 6.67 Å². The fourth-order valence-electron chi connectivity index (χ4n) is 12.6. The molecule has 94 heavy (non-hydrogen) atoms. The van der Waals surface area contributed by atoms with Crippen molar-refractivity contribution in [2.45, 2.75) is 352 Å². The van der Waals surface area contributed by atoms with Crippen LogP contribution in [0.15, 0.2) is 97.1 Å². The van der Waals surface area contributed by atoms with Crippen LogP contribution in [-0.4, -0.2) is 104 Å². The Hall–Kier alpha value is -3.68. The minimum absolute atomic E-state index is 0. The number of rotatable bonds is 8. The van der Waals surface area contributed by atoms with Gasteiger partial charge in [-0.05, 0) is 147 Å². The van der Waals surface area contributed by atoms with E-state index < -0.39 is 0 Å². The number of benzene rings is 4. The third-order valence-corrected chi connectivity index (χ3v) is 18.3. The number of para-hydroxylation sites is 4. The van der Waals surface area contributed by atoms with Gasteiger partial charge in [-0.15, -0.1) is 0 Å². The highest BCUT2D eigenvalue weighted by atomic mass is 15.2. The quantitative estimate of drug-likeness (QED) is 0.151. The molecule has 2 aromatic heterocycles. The van der Waals surface area contributed by atoms with Gasteiger partial charge in [0.05, 0.1) is 22.1 Å². The summed E-state index contributed by atoms with van der Waals surface area (Å²) in [5.41, 5.74) is 5.11. The largest absolute Gasteiger partial charge is 0.322 e. The molecule has 0 amide bonds. The number of likely N-dealkylation sites (tertiary alicyclic amines) is 3. The molecule has 0 saturated carbocycles. The molecule has 554 valence electrons. The Kier molecular flexibility index (Phi) is 72.1. The average Bonchev–Trinajstić information content (AvgIpc) is 1.59. The van der Waals surface area contributed by atoms with E-state index in [0.717, 1.165) is 78.4 Å². The zero-order valence-corrected chi connectivity index (χ0v) is 70.0. The van der Waals surface area contributed by atoms with E-state index in [1.165, 1.54) is 121 Å². The molecule has 6 aromatic rings. The normalized spacial score (nSPS) is 22.1. The van der Waals surface area contributed by atoms with Crippen molar-refractivity contribution >= 4 is 43.6 Å². The first-order valence-electron chi connectivity index (χ1n) is 39.5. The van der Waals surface area contributed by atoms with E-state index in [-0.39, 0.29) is 7.43 Å². The average molecular weight is 1310 g/mol. The molecule has 12 atom stereocenters. The first-order valence-corrected chi connectivity index (χ1v) is 39.5. The number of hydrogen-bond acceptors (Lipinski definition) is 4. The number of hydrogen-bond donors (Lipinski definition) is 0. The molecule has 6 heteroatoms. The first kappa shape index (κ1) is 104. The number of aromatic nitrogens is 2. The maximum Gasteiger partial charge on any atom is 0.100 e. The van der Waals surface area contributed by atoms with Crippen LogP contribution < -0.4 is 0 Å². The lowest BCUT2D eigenvalue weighted by Gasteiger charge is -2.45. The standard InChI is InChI=1S/C25H18N2.C11H23N.2C10H21N.C6H15N.5C3H8.5C2H6.CH4/c1-5-13-22-18(9-1)19-10-2-6-14-23(19)26(22)17-27-24-15-7-3-11-20(24)21-12-4-8-16-25(21)27;1-6-12-10(4)8(2)7-9(3)11(12)5;2*1-6-11-9(4)7(2)8(3)10(11)5;1-4-7(5-2)6-3;5*1-3-2;5*1-2;/h1-16H,17H2;8-11H,6-7H2,1-5H3;2*7-10H,6H2,1-5H3;4-6H2,1-3H3;5*3H2,1-2H3;5*1-2H3;1H4/t;8-,9+,10-,11+;2*7-,8+,9-,10+;;;;;;;;;;;;. The highest BCUT2D eigenvalue weighted by molar-refractivity contribution is 6.09. The molecule has 6 nitrogen and oxygen atoms in total. The maximum absolute atomic E-state index is 2.64. The molecule has 0 unspecified atom stereocenters. The van der Waals surface area contributed by atoms with Gasteiger partial charge >= 0.3 is 0 Å². The molecule has 4 aromatic carbocycles. The molecule has 0 aliphatic carbocycles. The van der Waals surface area contributed by atoms with Crippen molar-refractivity contribution in [2.24, 2.45) is 35.5 Å². The van der Waals surface area contributed by atoms with E-state index in [2.05, 4.69) is 320 Å². The summed E-state index contributed by atoms with van der Waals surface area (Å²) >= 11 is 0. The van der Waals surface area contributed by atoms with Crippen molar-refractivity contribution in [3.05, 3.63) is 97.1 Å². The van der Waals surface area contributed by atoms with Crippen LogP contribution in [0.4, 0.5) is 0 Å². The van der Waals surface area contributed by atoms with E-state index in [0.29, 0.717) is 0 Å². The molecule has 3 aliphatic heterocycles. The summed E-state index contributed by atoms with van der Waals surface area (Å²) in [4.78, 5) is 10.2. The predicted octanol–water partition coefficient (Wildman–Crippen LogP) is 28.1. The molecular weight excluding hydrogens is 1140 g/mol. The van der Waals surface area contributed by atoms with E-state index in [9.17, 15) is 0 Å². The lowest BCUT2D eigenvalue weighted by molar-refractivity contribution is 0.0326.